The van der Waals surface area contributed by atoms with Crippen molar-refractivity contribution in [1.29, 1.82) is 0 Å². The number of nitrogens with zero attached hydrogens (tertiary/aromatic N) is 3. The molecule has 2 N–H and O–H groups in total. The van der Waals surface area contributed by atoms with E-state index < -0.39 is 10.2 Å². The minimum absolute atomic E-state index is 0.524. The summed E-state index contributed by atoms with van der Waals surface area (Å²) in [6.45, 7) is 7.52. The Morgan fingerprint density at radius 1 is 1.21 bits per heavy atom. The van der Waals surface area contributed by atoms with Gasteiger partial charge in [0.1, 0.15) is 0 Å². The Hall–Kier alpha value is -0.250. The van der Waals surface area contributed by atoms with Gasteiger partial charge in [0.15, 0.2) is 0 Å². The van der Waals surface area contributed by atoms with Crippen LogP contribution in [0.15, 0.2) is 0 Å². The van der Waals surface area contributed by atoms with E-state index in [1.54, 1.807) is 12.1 Å². The third kappa shape index (κ3) is 6.15. The number of hydrazine groups is 1. The summed E-state index contributed by atoms with van der Waals surface area (Å²) >= 11 is 0. The smallest absolute Gasteiger partial charge is 0.292 e. The van der Waals surface area contributed by atoms with E-state index in [4.69, 9.17) is 0 Å². The molecule has 19 heavy (non-hydrogen) atoms. The van der Waals surface area contributed by atoms with Crippen molar-refractivity contribution in [3.8, 4) is 0 Å². The Morgan fingerprint density at radius 2 is 1.84 bits per heavy atom. The molecule has 1 rings (SSSR count). The van der Waals surface area contributed by atoms with Gasteiger partial charge in [0.25, 0.3) is 10.2 Å². The van der Waals surface area contributed by atoms with E-state index in [0.717, 1.165) is 45.7 Å². The fourth-order valence-electron chi connectivity index (χ4n) is 1.85. The number of hydrogen-bond acceptors (Lipinski definition) is 5. The van der Waals surface area contributed by atoms with Crippen molar-refractivity contribution < 1.29 is 8.42 Å². The molecule has 1 fully saturated rings. The van der Waals surface area contributed by atoms with E-state index >= 15 is 0 Å². The van der Waals surface area contributed by atoms with E-state index in [1.807, 2.05) is 14.0 Å². The topological polar surface area (TPSA) is 67.9 Å². The average molecular weight is 293 g/mol. The first kappa shape index (κ1) is 16.8. The Bertz CT molecular complexity index is 341. The maximum absolute atomic E-state index is 12.1. The minimum Gasteiger partial charge on any atom is -0.317 e. The first-order valence-corrected chi connectivity index (χ1v) is 8.27. The second-order valence-electron chi connectivity index (χ2n) is 4.92. The standard InChI is InChI=1S/C11H27N5O2S/c1-4-12-6-5-7-15(3)19(17,18)13-16-10-8-14(2)9-11-16/h12-13H,4-11H2,1-3H3. The van der Waals surface area contributed by atoms with Crippen LogP contribution >= 0.6 is 0 Å². The minimum atomic E-state index is -3.40. The number of hydrogen-bond donors (Lipinski definition) is 2. The van der Waals surface area contributed by atoms with E-state index in [1.165, 1.54) is 4.31 Å². The Labute approximate surface area is 117 Å². The highest BCUT2D eigenvalue weighted by atomic mass is 32.2. The second kappa shape index (κ2) is 8.13. The van der Waals surface area contributed by atoms with Gasteiger partial charge >= 0.3 is 0 Å². The summed E-state index contributed by atoms with van der Waals surface area (Å²) in [5.41, 5.74) is 0. The lowest BCUT2D eigenvalue weighted by molar-refractivity contribution is 0.132. The number of nitrogens with one attached hydrogen (secondary N) is 2. The largest absolute Gasteiger partial charge is 0.317 e. The lowest BCUT2D eigenvalue weighted by atomic mass is 10.4. The summed E-state index contributed by atoms with van der Waals surface area (Å²) in [4.78, 5) is 4.83. The van der Waals surface area contributed by atoms with E-state index in [9.17, 15) is 8.42 Å². The lowest BCUT2D eigenvalue weighted by Gasteiger charge is -2.33. The molecule has 7 nitrogen and oxygen atoms in total. The summed E-state index contributed by atoms with van der Waals surface area (Å²) in [7, 11) is 0.254. The van der Waals surface area contributed by atoms with Crippen molar-refractivity contribution >= 4 is 10.2 Å². The normalized spacial score (nSPS) is 19.2. The summed E-state index contributed by atoms with van der Waals surface area (Å²) in [5, 5.41) is 4.96. The molecule has 0 bridgehead atoms. The number of piperazine rings is 1. The predicted molar refractivity (Wildman–Crippen MR) is 76.9 cm³/mol. The molecule has 1 aliphatic heterocycles. The van der Waals surface area contributed by atoms with Gasteiger partial charge in [0.05, 0.1) is 0 Å². The fraction of sp³-hybridized carbons (Fsp3) is 1.00. The lowest BCUT2D eigenvalue weighted by Crippen LogP contribution is -2.55. The van der Waals surface area contributed by atoms with Gasteiger partial charge in [0, 0.05) is 39.8 Å². The van der Waals surface area contributed by atoms with Crippen LogP contribution in [-0.4, -0.2) is 82.5 Å². The highest BCUT2D eigenvalue weighted by Gasteiger charge is 2.22. The van der Waals surface area contributed by atoms with Crippen LogP contribution in [0.1, 0.15) is 13.3 Å². The second-order valence-corrected chi connectivity index (χ2v) is 6.67. The fourth-order valence-corrected chi connectivity index (χ4v) is 2.87. The SMILES string of the molecule is CCNCCCN(C)S(=O)(=O)NN1CCN(C)CC1. The molecule has 0 aromatic heterocycles. The summed E-state index contributed by atoms with van der Waals surface area (Å²) in [6, 6.07) is 0. The number of likely N-dealkylation sites (N-methyl/N-ethyl adjacent to an activating group) is 1. The molecule has 0 radical (unpaired) electrons. The quantitative estimate of drug-likeness (QED) is 0.557. The summed E-state index contributed by atoms with van der Waals surface area (Å²) < 4.78 is 25.5. The zero-order valence-corrected chi connectivity index (χ0v) is 13.0. The summed E-state index contributed by atoms with van der Waals surface area (Å²) in [6.07, 6.45) is 0.813. The van der Waals surface area contributed by atoms with Crippen molar-refractivity contribution in [3.63, 3.8) is 0 Å². The van der Waals surface area contributed by atoms with Gasteiger partial charge in [-0.1, -0.05) is 6.92 Å². The predicted octanol–water partition coefficient (Wildman–Crippen LogP) is -1.09. The molecule has 0 unspecified atom stereocenters. The van der Waals surface area contributed by atoms with Crippen LogP contribution in [0.2, 0.25) is 0 Å². The van der Waals surface area contributed by atoms with Crippen LogP contribution in [-0.2, 0) is 10.2 Å². The molecule has 0 amide bonds. The van der Waals surface area contributed by atoms with Crippen LogP contribution in [0.25, 0.3) is 0 Å². The molecule has 0 spiro atoms. The van der Waals surface area contributed by atoms with Gasteiger partial charge in [-0.25, -0.2) is 5.01 Å². The molecule has 114 valence electrons. The maximum Gasteiger partial charge on any atom is 0.292 e. The van der Waals surface area contributed by atoms with Crippen LogP contribution < -0.4 is 10.1 Å². The van der Waals surface area contributed by atoms with Crippen LogP contribution in [0.3, 0.4) is 0 Å². The van der Waals surface area contributed by atoms with Crippen molar-refractivity contribution in [2.75, 3.05) is 59.9 Å². The Kier molecular flexibility index (Phi) is 7.19. The highest BCUT2D eigenvalue weighted by Crippen LogP contribution is 2.01. The molecule has 8 heteroatoms. The van der Waals surface area contributed by atoms with Crippen molar-refractivity contribution in [2.24, 2.45) is 0 Å². The van der Waals surface area contributed by atoms with Gasteiger partial charge in [-0.3, -0.25) is 0 Å². The first-order chi connectivity index (χ1) is 8.95. The van der Waals surface area contributed by atoms with Crippen LogP contribution in [0.5, 0.6) is 0 Å². The molecule has 0 aliphatic carbocycles. The van der Waals surface area contributed by atoms with Crippen molar-refractivity contribution in [3.05, 3.63) is 0 Å². The molecule has 1 saturated heterocycles. The van der Waals surface area contributed by atoms with E-state index in [-0.39, 0.29) is 0 Å². The van der Waals surface area contributed by atoms with Gasteiger partial charge in [0.2, 0.25) is 0 Å². The van der Waals surface area contributed by atoms with Gasteiger partial charge in [-0.05, 0) is 26.6 Å². The monoisotopic (exact) mass is 293 g/mol. The molecule has 0 saturated carbocycles. The molecule has 0 aromatic carbocycles. The third-order valence-corrected chi connectivity index (χ3v) is 4.73. The molecule has 1 aliphatic rings. The average Bonchev–Trinajstić information content (AvgIpc) is 2.37. The van der Waals surface area contributed by atoms with Crippen LogP contribution in [0, 0.1) is 0 Å². The van der Waals surface area contributed by atoms with Crippen molar-refractivity contribution in [2.45, 2.75) is 13.3 Å². The van der Waals surface area contributed by atoms with E-state index in [0.29, 0.717) is 6.54 Å². The van der Waals surface area contributed by atoms with Gasteiger partial charge in [-0.15, -0.1) is 4.83 Å². The Morgan fingerprint density at radius 3 is 2.42 bits per heavy atom. The molecular weight excluding hydrogens is 266 g/mol. The van der Waals surface area contributed by atoms with Gasteiger partial charge in [-0.2, -0.15) is 12.7 Å². The van der Waals surface area contributed by atoms with E-state index in [2.05, 4.69) is 15.0 Å². The zero-order valence-electron chi connectivity index (χ0n) is 12.2. The zero-order chi connectivity index (χ0) is 14.3. The molecule has 0 atom stereocenters. The first-order valence-electron chi connectivity index (χ1n) is 6.83. The molecular formula is C11H27N5O2S. The van der Waals surface area contributed by atoms with Gasteiger partial charge < -0.3 is 10.2 Å². The highest BCUT2D eigenvalue weighted by molar-refractivity contribution is 7.87. The van der Waals surface area contributed by atoms with Crippen LogP contribution in [0.4, 0.5) is 0 Å². The number of rotatable bonds is 8. The molecule has 1 heterocycles. The van der Waals surface area contributed by atoms with Crippen molar-refractivity contribution in [1.82, 2.24) is 24.4 Å². The summed E-state index contributed by atoms with van der Waals surface area (Å²) in [5.74, 6) is 0. The Balaban J connectivity index is 2.33. The molecule has 0 aromatic rings. The third-order valence-electron chi connectivity index (χ3n) is 3.23. The maximum atomic E-state index is 12.1.